The van der Waals surface area contributed by atoms with Crippen LogP contribution in [-0.4, -0.2) is 37.7 Å². The summed E-state index contributed by atoms with van der Waals surface area (Å²) in [6.07, 6.45) is -0.410. The van der Waals surface area contributed by atoms with E-state index < -0.39 is 14.4 Å². The first-order valence-electron chi connectivity index (χ1n) is 9.99. The van der Waals surface area contributed by atoms with Crippen LogP contribution in [0.2, 0.25) is 5.04 Å². The quantitative estimate of drug-likeness (QED) is 0.638. The largest absolute Gasteiger partial charge is 0.462 e. The molecule has 0 radical (unpaired) electrons. The van der Waals surface area contributed by atoms with Crippen molar-refractivity contribution in [1.82, 2.24) is 0 Å². The van der Waals surface area contributed by atoms with E-state index in [0.717, 1.165) is 0 Å². The van der Waals surface area contributed by atoms with Gasteiger partial charge in [0.2, 0.25) is 0 Å². The number of aliphatic hydroxyl groups is 1. The summed E-state index contributed by atoms with van der Waals surface area (Å²) in [5, 5.41) is 13.2. The number of hydrogen-bond donors (Lipinski definition) is 1. The van der Waals surface area contributed by atoms with E-state index in [1.807, 2.05) is 12.1 Å². The Balaban J connectivity index is 1.79. The van der Waals surface area contributed by atoms with Crippen LogP contribution in [0.1, 0.15) is 33.6 Å². The molecule has 0 bridgehead atoms. The van der Waals surface area contributed by atoms with Crippen molar-refractivity contribution in [2.45, 2.75) is 57.0 Å². The van der Waals surface area contributed by atoms with E-state index in [9.17, 15) is 9.90 Å². The van der Waals surface area contributed by atoms with Crippen LogP contribution < -0.4 is 10.4 Å². The van der Waals surface area contributed by atoms with E-state index in [0.29, 0.717) is 6.42 Å². The lowest BCUT2D eigenvalue weighted by molar-refractivity contribution is -0.141. The lowest BCUT2D eigenvalue weighted by atomic mass is 10.0. The summed E-state index contributed by atoms with van der Waals surface area (Å²) < 4.78 is 12.5. The Morgan fingerprint density at radius 1 is 1.00 bits per heavy atom. The SMILES string of the molecule is CC(C)(C)[Si](O[C@@H]1C[C@@H]2OC(=O)C[C@@H]2[C@H]1O)(c1ccccc1)c1ccccc1. The highest BCUT2D eigenvalue weighted by atomic mass is 28.4. The maximum Gasteiger partial charge on any atom is 0.306 e. The molecule has 0 amide bonds. The van der Waals surface area contributed by atoms with Gasteiger partial charge in [0.05, 0.1) is 18.6 Å². The van der Waals surface area contributed by atoms with E-state index in [-0.39, 0.29) is 35.6 Å². The Morgan fingerprint density at radius 3 is 2.00 bits per heavy atom. The van der Waals surface area contributed by atoms with Gasteiger partial charge >= 0.3 is 5.97 Å². The molecule has 1 saturated carbocycles. The molecule has 4 nitrogen and oxygen atoms in total. The lowest BCUT2D eigenvalue weighted by Gasteiger charge is -2.45. The summed E-state index contributed by atoms with van der Waals surface area (Å²) >= 11 is 0. The Kier molecular flexibility index (Phi) is 4.94. The molecule has 2 aromatic carbocycles. The first-order chi connectivity index (χ1) is 13.3. The minimum atomic E-state index is -2.72. The zero-order chi connectivity index (χ0) is 19.9. The molecule has 0 spiro atoms. The van der Waals surface area contributed by atoms with Crippen molar-refractivity contribution in [2.24, 2.45) is 5.92 Å². The molecule has 2 fully saturated rings. The monoisotopic (exact) mass is 396 g/mol. The highest BCUT2D eigenvalue weighted by molar-refractivity contribution is 6.99. The molecule has 1 heterocycles. The summed E-state index contributed by atoms with van der Waals surface area (Å²) in [7, 11) is -2.72. The van der Waals surface area contributed by atoms with Crippen LogP contribution in [0.4, 0.5) is 0 Å². The fourth-order valence-electron chi connectivity index (χ4n) is 4.87. The molecular formula is C23H28O4Si. The van der Waals surface area contributed by atoms with E-state index in [2.05, 4.69) is 69.3 Å². The molecule has 0 unspecified atom stereocenters. The predicted molar refractivity (Wildman–Crippen MR) is 111 cm³/mol. The summed E-state index contributed by atoms with van der Waals surface area (Å²) in [5.74, 6) is -0.367. The predicted octanol–water partition coefficient (Wildman–Crippen LogP) is 2.63. The average molecular weight is 397 g/mol. The van der Waals surface area contributed by atoms with Crippen LogP contribution in [-0.2, 0) is 14.0 Å². The summed E-state index contributed by atoms with van der Waals surface area (Å²) in [5.41, 5.74) is 0. The number of fused-ring (bicyclic) bond motifs is 1. The van der Waals surface area contributed by atoms with Crippen molar-refractivity contribution >= 4 is 24.7 Å². The lowest BCUT2D eigenvalue weighted by Crippen LogP contribution is -2.68. The first-order valence-corrected chi connectivity index (χ1v) is 11.9. The molecule has 5 heteroatoms. The molecule has 4 rings (SSSR count). The van der Waals surface area contributed by atoms with Crippen LogP contribution >= 0.6 is 0 Å². The van der Waals surface area contributed by atoms with Crippen LogP contribution in [0.25, 0.3) is 0 Å². The Morgan fingerprint density at radius 2 is 1.54 bits per heavy atom. The van der Waals surface area contributed by atoms with E-state index >= 15 is 0 Å². The van der Waals surface area contributed by atoms with E-state index in [4.69, 9.17) is 9.16 Å². The highest BCUT2D eigenvalue weighted by Gasteiger charge is 2.56. The minimum Gasteiger partial charge on any atom is -0.462 e. The molecule has 1 aliphatic heterocycles. The molecule has 0 aromatic heterocycles. The number of carbonyl (C=O) groups is 1. The van der Waals surface area contributed by atoms with Gasteiger partial charge in [0.25, 0.3) is 8.32 Å². The minimum absolute atomic E-state index is 0.149. The van der Waals surface area contributed by atoms with Crippen molar-refractivity contribution in [3.8, 4) is 0 Å². The molecule has 1 N–H and O–H groups in total. The summed E-state index contributed by atoms with van der Waals surface area (Å²) in [6.45, 7) is 6.67. The van der Waals surface area contributed by atoms with Gasteiger partial charge < -0.3 is 14.3 Å². The van der Waals surface area contributed by atoms with Crippen molar-refractivity contribution in [3.05, 3.63) is 60.7 Å². The second-order valence-corrected chi connectivity index (χ2v) is 13.2. The van der Waals surface area contributed by atoms with E-state index in [1.54, 1.807) is 0 Å². The molecule has 4 atom stereocenters. The van der Waals surface area contributed by atoms with Crippen molar-refractivity contribution in [2.75, 3.05) is 0 Å². The summed E-state index contributed by atoms with van der Waals surface area (Å²) in [4.78, 5) is 11.6. The smallest absolute Gasteiger partial charge is 0.306 e. The van der Waals surface area contributed by atoms with Crippen LogP contribution in [0, 0.1) is 5.92 Å². The van der Waals surface area contributed by atoms with Crippen LogP contribution in [0.5, 0.6) is 0 Å². The van der Waals surface area contributed by atoms with Gasteiger partial charge in [-0.3, -0.25) is 4.79 Å². The second-order valence-electron chi connectivity index (χ2n) is 8.94. The van der Waals surface area contributed by atoms with Crippen molar-refractivity contribution in [3.63, 3.8) is 0 Å². The number of carbonyl (C=O) groups excluding carboxylic acids is 1. The number of ether oxygens (including phenoxy) is 1. The van der Waals surface area contributed by atoms with Gasteiger partial charge in [-0.05, 0) is 15.4 Å². The van der Waals surface area contributed by atoms with Gasteiger partial charge in [0.1, 0.15) is 6.10 Å². The maximum atomic E-state index is 11.6. The number of rotatable bonds is 4. The van der Waals surface area contributed by atoms with Gasteiger partial charge in [-0.2, -0.15) is 0 Å². The van der Waals surface area contributed by atoms with Crippen molar-refractivity contribution < 1.29 is 19.1 Å². The normalized spacial score (nSPS) is 27.5. The zero-order valence-corrected chi connectivity index (χ0v) is 17.7. The topological polar surface area (TPSA) is 55.8 Å². The fourth-order valence-corrected chi connectivity index (χ4v) is 9.58. The van der Waals surface area contributed by atoms with E-state index in [1.165, 1.54) is 10.4 Å². The number of esters is 1. The number of hydrogen-bond acceptors (Lipinski definition) is 4. The molecule has 2 aliphatic rings. The number of aliphatic hydroxyl groups excluding tert-OH is 1. The molecule has 2 aromatic rings. The zero-order valence-electron chi connectivity index (χ0n) is 16.7. The van der Waals surface area contributed by atoms with Gasteiger partial charge in [0, 0.05) is 12.3 Å². The van der Waals surface area contributed by atoms with Crippen molar-refractivity contribution in [1.29, 1.82) is 0 Å². The fraction of sp³-hybridized carbons (Fsp3) is 0.435. The molecule has 1 aliphatic carbocycles. The molecule has 28 heavy (non-hydrogen) atoms. The molecule has 148 valence electrons. The van der Waals surface area contributed by atoms with Gasteiger partial charge in [-0.15, -0.1) is 0 Å². The Labute approximate surface area is 167 Å². The van der Waals surface area contributed by atoms with Gasteiger partial charge in [0.15, 0.2) is 0 Å². The third kappa shape index (κ3) is 3.11. The third-order valence-corrected chi connectivity index (χ3v) is 11.3. The Hall–Kier alpha value is -1.95. The van der Waals surface area contributed by atoms with Crippen LogP contribution in [0.3, 0.4) is 0 Å². The third-order valence-electron chi connectivity index (χ3n) is 6.19. The van der Waals surface area contributed by atoms with Crippen LogP contribution in [0.15, 0.2) is 60.7 Å². The second kappa shape index (κ2) is 7.14. The van der Waals surface area contributed by atoms with Gasteiger partial charge in [-0.1, -0.05) is 81.4 Å². The number of benzene rings is 2. The average Bonchev–Trinajstić information content (AvgIpc) is 3.17. The standard InChI is InChI=1S/C23H28O4Si/c1-23(2,3)28(16-10-6-4-7-11-16,17-12-8-5-9-13-17)27-20-15-19-18(22(20)25)14-21(24)26-19/h4-13,18-20,22,25H,14-15H2,1-3H3/t18-,19-,20+,22+/m0/s1. The highest BCUT2D eigenvalue weighted by Crippen LogP contribution is 2.43. The molecular weight excluding hydrogens is 368 g/mol. The first kappa shape index (κ1) is 19.4. The maximum absolute atomic E-state index is 11.6. The Bertz CT molecular complexity index is 791. The molecule has 1 saturated heterocycles. The summed E-state index contributed by atoms with van der Waals surface area (Å²) in [6, 6.07) is 20.8. The van der Waals surface area contributed by atoms with Gasteiger partial charge in [-0.25, -0.2) is 0 Å².